The lowest BCUT2D eigenvalue weighted by atomic mass is 10.1. The van der Waals surface area contributed by atoms with E-state index in [2.05, 4.69) is 21.1 Å². The number of rotatable bonds is 11. The number of hydrogen-bond donors (Lipinski definition) is 2. The van der Waals surface area contributed by atoms with Gasteiger partial charge in [-0.1, -0.05) is 72.4 Å². The summed E-state index contributed by atoms with van der Waals surface area (Å²) in [6, 6.07) is 14.7. The van der Waals surface area contributed by atoms with E-state index in [1.54, 1.807) is 26.0 Å². The van der Waals surface area contributed by atoms with Crippen molar-refractivity contribution in [2.75, 3.05) is 0 Å². The number of amides is 2. The van der Waals surface area contributed by atoms with Crippen LogP contribution in [0.25, 0.3) is 0 Å². The summed E-state index contributed by atoms with van der Waals surface area (Å²) < 4.78 is 0. The van der Waals surface area contributed by atoms with E-state index in [4.69, 9.17) is 23.2 Å². The third kappa shape index (κ3) is 8.81. The topological polar surface area (TPSA) is 82.9 Å². The Labute approximate surface area is 199 Å². The molecule has 8 heteroatoms. The molecule has 2 rings (SSSR count). The van der Waals surface area contributed by atoms with Crippen molar-refractivity contribution in [3.05, 3.63) is 69.7 Å². The Morgan fingerprint density at radius 1 is 0.688 bits per heavy atom. The highest BCUT2D eigenvalue weighted by molar-refractivity contribution is 6.34. The molecule has 0 aliphatic rings. The summed E-state index contributed by atoms with van der Waals surface area (Å²) in [4.78, 5) is 23.9. The van der Waals surface area contributed by atoms with Gasteiger partial charge in [0, 0.05) is 34.0 Å². The third-order valence-corrected chi connectivity index (χ3v) is 5.44. The van der Waals surface area contributed by atoms with Crippen LogP contribution < -0.4 is 10.9 Å². The molecule has 32 heavy (non-hydrogen) atoms. The molecule has 0 aliphatic carbocycles. The zero-order chi connectivity index (χ0) is 23.3. The Morgan fingerprint density at radius 2 is 1.06 bits per heavy atom. The third-order valence-electron chi connectivity index (χ3n) is 4.78. The van der Waals surface area contributed by atoms with Gasteiger partial charge in [-0.05, 0) is 38.8 Å². The van der Waals surface area contributed by atoms with Gasteiger partial charge in [0.05, 0.1) is 11.4 Å². The molecule has 0 radical (unpaired) electrons. The Bertz CT molecular complexity index is 910. The number of hydrogen-bond acceptors (Lipinski definition) is 4. The molecule has 0 bridgehead atoms. The van der Waals surface area contributed by atoms with Crippen molar-refractivity contribution in [3.63, 3.8) is 0 Å². The first kappa shape index (κ1) is 25.6. The van der Waals surface area contributed by atoms with Crippen molar-refractivity contribution >= 4 is 46.4 Å². The lowest BCUT2D eigenvalue weighted by Crippen LogP contribution is -2.19. The van der Waals surface area contributed by atoms with E-state index < -0.39 is 0 Å². The van der Waals surface area contributed by atoms with Crippen LogP contribution in [-0.4, -0.2) is 23.2 Å². The summed E-state index contributed by atoms with van der Waals surface area (Å²) in [7, 11) is 0. The van der Waals surface area contributed by atoms with E-state index >= 15 is 0 Å². The molecule has 0 aromatic heterocycles. The minimum atomic E-state index is -0.140. The molecular formula is C24H28Cl2N4O2. The molecule has 0 saturated carbocycles. The first-order chi connectivity index (χ1) is 15.4. The van der Waals surface area contributed by atoms with Gasteiger partial charge in [-0.25, -0.2) is 10.9 Å². The molecule has 0 saturated heterocycles. The maximum Gasteiger partial charge on any atom is 0.240 e. The highest BCUT2D eigenvalue weighted by Crippen LogP contribution is 2.16. The Hall–Kier alpha value is -2.70. The summed E-state index contributed by atoms with van der Waals surface area (Å²) >= 11 is 12.2. The monoisotopic (exact) mass is 474 g/mol. The van der Waals surface area contributed by atoms with Crippen molar-refractivity contribution in [2.45, 2.75) is 52.4 Å². The second-order valence-electron chi connectivity index (χ2n) is 7.34. The minimum Gasteiger partial charge on any atom is -0.273 e. The summed E-state index contributed by atoms with van der Waals surface area (Å²) in [6.07, 6.45) is 3.95. The van der Waals surface area contributed by atoms with Crippen molar-refractivity contribution in [1.29, 1.82) is 0 Å². The molecule has 2 N–H and O–H groups in total. The van der Waals surface area contributed by atoms with Gasteiger partial charge >= 0.3 is 0 Å². The summed E-state index contributed by atoms with van der Waals surface area (Å²) in [5.41, 5.74) is 8.02. The van der Waals surface area contributed by atoms with Gasteiger partial charge in [-0.3, -0.25) is 9.59 Å². The van der Waals surface area contributed by atoms with E-state index in [0.29, 0.717) is 34.3 Å². The largest absolute Gasteiger partial charge is 0.273 e. The molecule has 2 aromatic carbocycles. The number of carbonyl (C=O) groups is 2. The molecule has 0 spiro atoms. The molecule has 170 valence electrons. The standard InChI is InChI=1S/C24H28Cl2N4O2/c1-17(19-11-7-9-13-21(19)25)27-29-23(31)15-5-3-4-6-16-24(32)30-28-18(2)20-12-8-10-14-22(20)26/h7-14H,3-6,15-16H2,1-2H3,(H,29,31)(H,30,32). The van der Waals surface area contributed by atoms with Crippen molar-refractivity contribution in [3.8, 4) is 0 Å². The van der Waals surface area contributed by atoms with Gasteiger partial charge in [-0.15, -0.1) is 0 Å². The van der Waals surface area contributed by atoms with E-state index in [1.807, 2.05) is 36.4 Å². The molecule has 0 fully saturated rings. The van der Waals surface area contributed by atoms with Crippen LogP contribution in [0.3, 0.4) is 0 Å². The zero-order valence-electron chi connectivity index (χ0n) is 18.3. The van der Waals surface area contributed by atoms with Crippen LogP contribution >= 0.6 is 23.2 Å². The van der Waals surface area contributed by atoms with E-state index in [-0.39, 0.29) is 11.8 Å². The number of hydrazone groups is 2. The zero-order valence-corrected chi connectivity index (χ0v) is 19.8. The molecule has 2 aromatic rings. The first-order valence-corrected chi connectivity index (χ1v) is 11.3. The van der Waals surface area contributed by atoms with Crippen LogP contribution in [0, 0.1) is 0 Å². The highest BCUT2D eigenvalue weighted by atomic mass is 35.5. The lowest BCUT2D eigenvalue weighted by Gasteiger charge is -2.05. The maximum atomic E-state index is 12.0. The molecule has 0 aliphatic heterocycles. The number of benzene rings is 2. The van der Waals surface area contributed by atoms with Gasteiger partial charge in [0.25, 0.3) is 0 Å². The highest BCUT2D eigenvalue weighted by Gasteiger charge is 2.06. The van der Waals surface area contributed by atoms with E-state index in [0.717, 1.165) is 36.8 Å². The quantitative estimate of drug-likeness (QED) is 0.248. The van der Waals surface area contributed by atoms with Crippen LogP contribution in [0.4, 0.5) is 0 Å². The smallest absolute Gasteiger partial charge is 0.240 e. The van der Waals surface area contributed by atoms with Gasteiger partial charge in [-0.2, -0.15) is 10.2 Å². The van der Waals surface area contributed by atoms with Crippen LogP contribution in [-0.2, 0) is 9.59 Å². The van der Waals surface area contributed by atoms with E-state index in [1.165, 1.54) is 0 Å². The molecule has 6 nitrogen and oxygen atoms in total. The Kier molecular flexibility index (Phi) is 10.9. The predicted octanol–water partition coefficient (Wildman–Crippen LogP) is 5.71. The Morgan fingerprint density at radius 3 is 1.44 bits per heavy atom. The fourth-order valence-corrected chi connectivity index (χ4v) is 3.50. The molecule has 2 amide bonds. The van der Waals surface area contributed by atoms with Gasteiger partial charge in [0.1, 0.15) is 0 Å². The fraction of sp³-hybridized carbons (Fsp3) is 0.333. The predicted molar refractivity (Wildman–Crippen MR) is 131 cm³/mol. The second kappa shape index (κ2) is 13.7. The molecule has 0 unspecified atom stereocenters. The number of nitrogens with one attached hydrogen (secondary N) is 2. The van der Waals surface area contributed by atoms with Gasteiger partial charge < -0.3 is 0 Å². The Balaban J connectivity index is 1.60. The fourth-order valence-electron chi connectivity index (χ4n) is 2.96. The number of unbranched alkanes of at least 4 members (excludes halogenated alkanes) is 3. The van der Waals surface area contributed by atoms with Crippen LogP contribution in [0.15, 0.2) is 58.7 Å². The van der Waals surface area contributed by atoms with E-state index in [9.17, 15) is 9.59 Å². The van der Waals surface area contributed by atoms with Gasteiger partial charge in [0.15, 0.2) is 0 Å². The molecule has 0 atom stereocenters. The van der Waals surface area contributed by atoms with Crippen molar-refractivity contribution in [2.24, 2.45) is 10.2 Å². The van der Waals surface area contributed by atoms with Crippen LogP contribution in [0.1, 0.15) is 63.5 Å². The summed E-state index contributed by atoms with van der Waals surface area (Å²) in [5.74, 6) is -0.280. The lowest BCUT2D eigenvalue weighted by molar-refractivity contribution is -0.122. The summed E-state index contributed by atoms with van der Waals surface area (Å²) in [6.45, 7) is 3.60. The van der Waals surface area contributed by atoms with Crippen molar-refractivity contribution in [1.82, 2.24) is 10.9 Å². The second-order valence-corrected chi connectivity index (χ2v) is 8.15. The normalized spacial score (nSPS) is 11.9. The summed E-state index contributed by atoms with van der Waals surface area (Å²) in [5, 5.41) is 9.42. The van der Waals surface area contributed by atoms with Crippen molar-refractivity contribution < 1.29 is 9.59 Å². The number of nitrogens with zero attached hydrogens (tertiary/aromatic N) is 2. The molecular weight excluding hydrogens is 447 g/mol. The average molecular weight is 475 g/mol. The van der Waals surface area contributed by atoms with Gasteiger partial charge in [0.2, 0.25) is 11.8 Å². The number of halogens is 2. The number of carbonyl (C=O) groups excluding carboxylic acids is 2. The van der Waals surface area contributed by atoms with Crippen LogP contribution in [0.2, 0.25) is 10.0 Å². The molecule has 0 heterocycles. The average Bonchev–Trinajstić information content (AvgIpc) is 2.78. The first-order valence-electron chi connectivity index (χ1n) is 10.5. The minimum absolute atomic E-state index is 0.140. The van der Waals surface area contributed by atoms with Crippen LogP contribution in [0.5, 0.6) is 0 Å². The SMILES string of the molecule is CC(=NNC(=O)CCCCCCC(=O)NN=C(C)c1ccccc1Cl)c1ccccc1Cl. The maximum absolute atomic E-state index is 12.0.